The molecule has 1 aliphatic rings. The summed E-state index contributed by atoms with van der Waals surface area (Å²) >= 11 is 3.43. The lowest BCUT2D eigenvalue weighted by molar-refractivity contribution is -0.144. The predicted molar refractivity (Wildman–Crippen MR) is 68.5 cm³/mol. The predicted octanol–water partition coefficient (Wildman–Crippen LogP) is 2.73. The molecule has 1 aliphatic carbocycles. The number of carboxylic acids is 1. The molecule has 5 heteroatoms. The Kier molecular flexibility index (Phi) is 3.57. The van der Waals surface area contributed by atoms with Crippen LogP contribution in [0, 0.1) is 5.92 Å². The van der Waals surface area contributed by atoms with Crippen molar-refractivity contribution in [3.8, 4) is 5.75 Å². The highest BCUT2D eigenvalue weighted by molar-refractivity contribution is 9.10. The Balaban J connectivity index is 2.10. The van der Waals surface area contributed by atoms with Gasteiger partial charge in [0, 0.05) is 16.6 Å². The van der Waals surface area contributed by atoms with Crippen molar-refractivity contribution >= 4 is 27.6 Å². The van der Waals surface area contributed by atoms with Crippen molar-refractivity contribution in [2.45, 2.75) is 18.9 Å². The molecule has 0 aliphatic heterocycles. The second-order valence-corrected chi connectivity index (χ2v) is 4.97. The van der Waals surface area contributed by atoms with Gasteiger partial charge < -0.3 is 15.2 Å². The third-order valence-electron chi connectivity index (χ3n) is 3.11. The van der Waals surface area contributed by atoms with Crippen LogP contribution in [0.25, 0.3) is 0 Å². The molecule has 2 atom stereocenters. The molecule has 0 aromatic heterocycles. The van der Waals surface area contributed by atoms with Crippen molar-refractivity contribution < 1.29 is 14.6 Å². The molecule has 2 rings (SSSR count). The Hall–Kier alpha value is -1.23. The molecule has 0 amide bonds. The Morgan fingerprint density at radius 3 is 2.82 bits per heavy atom. The third kappa shape index (κ3) is 2.54. The lowest BCUT2D eigenvalue weighted by Gasteiger charge is -2.35. The van der Waals surface area contributed by atoms with E-state index in [1.165, 1.54) is 0 Å². The lowest BCUT2D eigenvalue weighted by Crippen LogP contribution is -2.43. The fraction of sp³-hybridized carbons (Fsp3) is 0.417. The van der Waals surface area contributed by atoms with Crippen LogP contribution in [-0.4, -0.2) is 24.2 Å². The van der Waals surface area contributed by atoms with Crippen molar-refractivity contribution in [2.24, 2.45) is 5.92 Å². The number of ether oxygens (including phenoxy) is 1. The Morgan fingerprint density at radius 2 is 2.29 bits per heavy atom. The first-order valence-corrected chi connectivity index (χ1v) is 6.24. The summed E-state index contributed by atoms with van der Waals surface area (Å²) in [7, 11) is 1.61. The van der Waals surface area contributed by atoms with Crippen LogP contribution < -0.4 is 10.1 Å². The summed E-state index contributed by atoms with van der Waals surface area (Å²) in [6, 6.07) is 5.61. The average molecular weight is 300 g/mol. The van der Waals surface area contributed by atoms with E-state index < -0.39 is 5.97 Å². The summed E-state index contributed by atoms with van der Waals surface area (Å²) < 4.78 is 6.05. The van der Waals surface area contributed by atoms with E-state index in [9.17, 15) is 4.79 Å². The number of carbonyl (C=O) groups is 1. The summed E-state index contributed by atoms with van der Waals surface area (Å²) in [4.78, 5) is 10.9. The molecule has 1 aromatic carbocycles. The van der Waals surface area contributed by atoms with Gasteiger partial charge in [-0.2, -0.15) is 0 Å². The van der Waals surface area contributed by atoms with Crippen molar-refractivity contribution in [1.29, 1.82) is 0 Å². The molecule has 1 saturated carbocycles. The van der Waals surface area contributed by atoms with E-state index in [0.29, 0.717) is 0 Å². The summed E-state index contributed by atoms with van der Waals surface area (Å²) in [6.45, 7) is 0. The Labute approximate surface area is 108 Å². The van der Waals surface area contributed by atoms with Crippen LogP contribution >= 0.6 is 15.9 Å². The van der Waals surface area contributed by atoms with Crippen LogP contribution in [0.3, 0.4) is 0 Å². The second-order valence-electron chi connectivity index (χ2n) is 4.12. The van der Waals surface area contributed by atoms with Crippen molar-refractivity contribution in [2.75, 3.05) is 12.4 Å². The molecule has 1 fully saturated rings. The highest BCUT2D eigenvalue weighted by Crippen LogP contribution is 2.34. The zero-order chi connectivity index (χ0) is 12.4. The van der Waals surface area contributed by atoms with Gasteiger partial charge in [0.15, 0.2) is 0 Å². The summed E-state index contributed by atoms with van der Waals surface area (Å²) in [5, 5.41) is 12.2. The lowest BCUT2D eigenvalue weighted by atomic mass is 9.79. The van der Waals surface area contributed by atoms with Gasteiger partial charge in [0.25, 0.3) is 0 Å². The maximum Gasteiger partial charge on any atom is 0.308 e. The molecular formula is C12H14BrNO3. The molecule has 0 bridgehead atoms. The van der Waals surface area contributed by atoms with Gasteiger partial charge in [-0.3, -0.25) is 4.79 Å². The number of carboxylic acid groups (broad SMARTS) is 1. The first-order chi connectivity index (χ1) is 8.11. The molecule has 2 unspecified atom stereocenters. The van der Waals surface area contributed by atoms with Gasteiger partial charge in [0.05, 0.1) is 18.7 Å². The maximum atomic E-state index is 10.9. The fourth-order valence-corrected chi connectivity index (χ4v) is 2.27. The van der Waals surface area contributed by atoms with Crippen LogP contribution in [0.5, 0.6) is 5.75 Å². The zero-order valence-corrected chi connectivity index (χ0v) is 11.0. The third-order valence-corrected chi connectivity index (χ3v) is 3.80. The number of rotatable bonds is 4. The van der Waals surface area contributed by atoms with E-state index >= 15 is 0 Å². The molecule has 2 N–H and O–H groups in total. The average Bonchev–Trinajstić information content (AvgIpc) is 2.25. The first kappa shape index (κ1) is 12.2. The van der Waals surface area contributed by atoms with Gasteiger partial charge in [0.2, 0.25) is 0 Å². The standard InChI is InChI=1S/C12H14BrNO3/c1-17-7-2-4-9(13)11(6-7)14-10-5-3-8(10)12(15)16/h2,4,6,8,10,14H,3,5H2,1H3,(H,15,16). The molecule has 4 nitrogen and oxygen atoms in total. The Morgan fingerprint density at radius 1 is 1.53 bits per heavy atom. The molecule has 92 valence electrons. The minimum atomic E-state index is -0.729. The van der Waals surface area contributed by atoms with E-state index in [4.69, 9.17) is 9.84 Å². The topological polar surface area (TPSA) is 58.6 Å². The number of halogens is 1. The highest BCUT2D eigenvalue weighted by atomic mass is 79.9. The van der Waals surface area contributed by atoms with Crippen molar-refractivity contribution in [3.63, 3.8) is 0 Å². The van der Waals surface area contributed by atoms with Crippen LogP contribution in [0.4, 0.5) is 5.69 Å². The zero-order valence-electron chi connectivity index (χ0n) is 9.44. The molecule has 0 radical (unpaired) electrons. The number of anilines is 1. The fourth-order valence-electron chi connectivity index (χ4n) is 1.91. The highest BCUT2D eigenvalue weighted by Gasteiger charge is 2.36. The number of nitrogens with one attached hydrogen (secondary N) is 1. The monoisotopic (exact) mass is 299 g/mol. The quantitative estimate of drug-likeness (QED) is 0.897. The molecule has 0 spiro atoms. The smallest absolute Gasteiger partial charge is 0.308 e. The number of hydrogen-bond donors (Lipinski definition) is 2. The number of benzene rings is 1. The van der Waals surface area contributed by atoms with Crippen LogP contribution in [-0.2, 0) is 4.79 Å². The molecule has 0 saturated heterocycles. The van der Waals surface area contributed by atoms with E-state index in [2.05, 4.69) is 21.2 Å². The maximum absolute atomic E-state index is 10.9. The summed E-state index contributed by atoms with van der Waals surface area (Å²) in [5.74, 6) is -0.261. The van der Waals surface area contributed by atoms with E-state index in [1.807, 2.05) is 18.2 Å². The van der Waals surface area contributed by atoms with Gasteiger partial charge in [-0.1, -0.05) is 0 Å². The van der Waals surface area contributed by atoms with Gasteiger partial charge in [-0.25, -0.2) is 0 Å². The van der Waals surface area contributed by atoms with E-state index in [-0.39, 0.29) is 12.0 Å². The molecule has 17 heavy (non-hydrogen) atoms. The number of aliphatic carboxylic acids is 1. The SMILES string of the molecule is COc1ccc(Br)c(NC2CCC2C(=O)O)c1. The normalized spacial score (nSPS) is 22.7. The second kappa shape index (κ2) is 4.96. The van der Waals surface area contributed by atoms with Crippen molar-refractivity contribution in [1.82, 2.24) is 0 Å². The number of hydrogen-bond acceptors (Lipinski definition) is 3. The number of methoxy groups -OCH3 is 1. The van der Waals surface area contributed by atoms with Gasteiger partial charge in [0.1, 0.15) is 5.75 Å². The molecule has 1 aromatic rings. The van der Waals surface area contributed by atoms with E-state index in [0.717, 1.165) is 28.8 Å². The van der Waals surface area contributed by atoms with Gasteiger partial charge in [-0.05, 0) is 40.9 Å². The molecular weight excluding hydrogens is 286 g/mol. The first-order valence-electron chi connectivity index (χ1n) is 5.44. The van der Waals surface area contributed by atoms with Crippen LogP contribution in [0.15, 0.2) is 22.7 Å². The Bertz CT molecular complexity index is 436. The minimum absolute atomic E-state index is 0.0101. The van der Waals surface area contributed by atoms with Crippen molar-refractivity contribution in [3.05, 3.63) is 22.7 Å². The van der Waals surface area contributed by atoms with Gasteiger partial charge in [-0.15, -0.1) is 0 Å². The summed E-state index contributed by atoms with van der Waals surface area (Å²) in [5.41, 5.74) is 0.875. The van der Waals surface area contributed by atoms with Crippen LogP contribution in [0.2, 0.25) is 0 Å². The van der Waals surface area contributed by atoms with Gasteiger partial charge >= 0.3 is 5.97 Å². The summed E-state index contributed by atoms with van der Waals surface area (Å²) in [6.07, 6.45) is 1.63. The minimum Gasteiger partial charge on any atom is -0.497 e. The molecule has 0 heterocycles. The largest absolute Gasteiger partial charge is 0.497 e. The van der Waals surface area contributed by atoms with E-state index in [1.54, 1.807) is 7.11 Å². The van der Waals surface area contributed by atoms with Crippen LogP contribution in [0.1, 0.15) is 12.8 Å².